The fourth-order valence-electron chi connectivity index (χ4n) is 2.56. The lowest BCUT2D eigenvalue weighted by Gasteiger charge is -2.20. The highest BCUT2D eigenvalue weighted by molar-refractivity contribution is 5.76. The number of carbonyl (C=O) groups excluding carboxylic acids is 2. The Balaban J connectivity index is 2.59. The number of hydrogen-bond donors (Lipinski definition) is 0. The van der Waals surface area contributed by atoms with Crippen LogP contribution in [0.5, 0.6) is 0 Å². The van der Waals surface area contributed by atoms with E-state index in [2.05, 4.69) is 0 Å². The van der Waals surface area contributed by atoms with Crippen molar-refractivity contribution in [2.45, 2.75) is 52.6 Å². The molecule has 0 amide bonds. The van der Waals surface area contributed by atoms with Crippen LogP contribution in [-0.4, -0.2) is 35.6 Å². The monoisotopic (exact) mass is 315 g/mol. The largest absolute Gasteiger partial charge is 0.466 e. The third-order valence-electron chi connectivity index (χ3n) is 3.57. The molecule has 0 aromatic carbocycles. The molecule has 1 rings (SSSR count). The fraction of sp³-hybridized carbons (Fsp3) is 0.867. The predicted molar refractivity (Wildman–Crippen MR) is 78.7 cm³/mol. The molecule has 0 heterocycles. The van der Waals surface area contributed by atoms with E-state index in [0.29, 0.717) is 6.42 Å². The lowest BCUT2D eigenvalue weighted by atomic mass is 9.94. The van der Waals surface area contributed by atoms with Crippen LogP contribution in [0.15, 0.2) is 0 Å². The zero-order valence-electron chi connectivity index (χ0n) is 13.7. The highest BCUT2D eigenvalue weighted by Crippen LogP contribution is 2.48. The Bertz CT molecular complexity index is 428. The van der Waals surface area contributed by atoms with Crippen LogP contribution in [0.25, 0.3) is 0 Å². The summed E-state index contributed by atoms with van der Waals surface area (Å²) in [6.45, 7) is 7.18. The van der Waals surface area contributed by atoms with Gasteiger partial charge in [0.25, 0.3) is 0 Å². The van der Waals surface area contributed by atoms with Crippen LogP contribution in [-0.2, 0) is 19.1 Å². The SMILES string of the molecule is CCOC(=O)CC(CC[N+](=O)[O-])[C@@H]1C[C@@H]1C(=O)OC(C)(C)C. The predicted octanol–water partition coefficient (Wildman–Crippen LogP) is 2.20. The van der Waals surface area contributed by atoms with Crippen molar-refractivity contribution in [3.8, 4) is 0 Å². The highest BCUT2D eigenvalue weighted by atomic mass is 16.6. The summed E-state index contributed by atoms with van der Waals surface area (Å²) in [5.74, 6) is -1.15. The second-order valence-electron chi connectivity index (χ2n) is 6.65. The Morgan fingerprint density at radius 1 is 1.36 bits per heavy atom. The number of ether oxygens (including phenoxy) is 2. The number of nitrogens with zero attached hydrogens (tertiary/aromatic N) is 1. The van der Waals surface area contributed by atoms with Crippen molar-refractivity contribution in [2.24, 2.45) is 17.8 Å². The maximum absolute atomic E-state index is 12.0. The van der Waals surface area contributed by atoms with Gasteiger partial charge in [0.15, 0.2) is 0 Å². The summed E-state index contributed by atoms with van der Waals surface area (Å²) in [4.78, 5) is 33.8. The van der Waals surface area contributed by atoms with Crippen molar-refractivity contribution in [1.29, 1.82) is 0 Å². The van der Waals surface area contributed by atoms with Gasteiger partial charge in [0.2, 0.25) is 6.54 Å². The molecule has 1 unspecified atom stereocenters. The van der Waals surface area contributed by atoms with Crippen LogP contribution in [0.4, 0.5) is 0 Å². The summed E-state index contributed by atoms with van der Waals surface area (Å²) in [5.41, 5.74) is -0.554. The van der Waals surface area contributed by atoms with Gasteiger partial charge in [-0.05, 0) is 46.0 Å². The molecule has 22 heavy (non-hydrogen) atoms. The molecular formula is C15H25NO6. The van der Waals surface area contributed by atoms with Gasteiger partial charge in [-0.25, -0.2) is 0 Å². The first-order valence-corrected chi connectivity index (χ1v) is 7.64. The minimum absolute atomic E-state index is 0.0285. The molecule has 0 bridgehead atoms. The van der Waals surface area contributed by atoms with Gasteiger partial charge in [-0.3, -0.25) is 19.7 Å². The van der Waals surface area contributed by atoms with Crippen LogP contribution >= 0.6 is 0 Å². The molecule has 126 valence electrons. The summed E-state index contributed by atoms with van der Waals surface area (Å²) in [6.07, 6.45) is 1.01. The number of rotatable bonds is 8. The van der Waals surface area contributed by atoms with Gasteiger partial charge in [-0.15, -0.1) is 0 Å². The van der Waals surface area contributed by atoms with Gasteiger partial charge in [-0.2, -0.15) is 0 Å². The molecule has 0 aromatic heterocycles. The molecule has 3 atom stereocenters. The minimum Gasteiger partial charge on any atom is -0.466 e. The minimum atomic E-state index is -0.554. The molecule has 1 saturated carbocycles. The maximum atomic E-state index is 12.0. The molecule has 1 aliphatic carbocycles. The molecule has 7 nitrogen and oxygen atoms in total. The van der Waals surface area contributed by atoms with Crippen molar-refractivity contribution in [1.82, 2.24) is 0 Å². The number of nitro groups is 1. The van der Waals surface area contributed by atoms with E-state index >= 15 is 0 Å². The molecule has 0 radical (unpaired) electrons. The molecule has 0 saturated heterocycles. The van der Waals surface area contributed by atoms with Crippen LogP contribution in [0.2, 0.25) is 0 Å². The second kappa shape index (κ2) is 7.56. The number of carbonyl (C=O) groups is 2. The van der Waals surface area contributed by atoms with Crippen LogP contribution in [0.1, 0.15) is 47.0 Å². The van der Waals surface area contributed by atoms with Crippen LogP contribution in [0.3, 0.4) is 0 Å². The smallest absolute Gasteiger partial charge is 0.309 e. The number of esters is 2. The van der Waals surface area contributed by atoms with E-state index in [4.69, 9.17) is 9.47 Å². The van der Waals surface area contributed by atoms with Gasteiger partial charge >= 0.3 is 11.9 Å². The molecule has 0 N–H and O–H groups in total. The summed E-state index contributed by atoms with van der Waals surface area (Å²) in [6, 6.07) is 0. The van der Waals surface area contributed by atoms with Gasteiger partial charge < -0.3 is 9.47 Å². The lowest BCUT2D eigenvalue weighted by Crippen LogP contribution is -2.26. The quantitative estimate of drug-likeness (QED) is 0.387. The molecule has 7 heteroatoms. The van der Waals surface area contributed by atoms with Crippen molar-refractivity contribution in [3.63, 3.8) is 0 Å². The van der Waals surface area contributed by atoms with Gasteiger partial charge in [0.05, 0.1) is 12.5 Å². The van der Waals surface area contributed by atoms with E-state index in [1.807, 2.05) is 0 Å². The third-order valence-corrected chi connectivity index (χ3v) is 3.57. The Morgan fingerprint density at radius 3 is 2.50 bits per heavy atom. The van der Waals surface area contributed by atoms with Crippen molar-refractivity contribution in [3.05, 3.63) is 10.1 Å². The molecule has 0 aromatic rings. The Morgan fingerprint density at radius 2 is 2.00 bits per heavy atom. The molecule has 1 aliphatic rings. The summed E-state index contributed by atoms with van der Waals surface area (Å²) < 4.78 is 10.2. The Labute approximate surface area is 130 Å². The van der Waals surface area contributed by atoms with E-state index in [1.54, 1.807) is 27.7 Å². The topological polar surface area (TPSA) is 95.7 Å². The van der Waals surface area contributed by atoms with E-state index in [-0.39, 0.29) is 55.7 Å². The zero-order valence-corrected chi connectivity index (χ0v) is 13.7. The first-order chi connectivity index (χ1) is 10.1. The van der Waals surface area contributed by atoms with Gasteiger partial charge in [-0.1, -0.05) is 0 Å². The lowest BCUT2D eigenvalue weighted by molar-refractivity contribution is -0.481. The molecule has 0 spiro atoms. The average molecular weight is 315 g/mol. The van der Waals surface area contributed by atoms with Crippen LogP contribution in [0, 0.1) is 27.9 Å². The van der Waals surface area contributed by atoms with E-state index in [1.165, 1.54) is 0 Å². The Hall–Kier alpha value is -1.66. The van der Waals surface area contributed by atoms with E-state index in [0.717, 1.165) is 0 Å². The van der Waals surface area contributed by atoms with Gasteiger partial charge in [0, 0.05) is 17.8 Å². The van der Waals surface area contributed by atoms with E-state index < -0.39 is 10.5 Å². The standard InChI is InChI=1S/C15H25NO6/c1-5-21-13(17)8-10(6-7-16(19)20)11-9-12(11)14(18)22-15(2,3)4/h10-12H,5-9H2,1-4H3/t10?,11-,12-/m0/s1. The van der Waals surface area contributed by atoms with Crippen molar-refractivity contribution < 1.29 is 24.0 Å². The maximum Gasteiger partial charge on any atom is 0.309 e. The van der Waals surface area contributed by atoms with E-state index in [9.17, 15) is 19.7 Å². The summed E-state index contributed by atoms with van der Waals surface area (Å²) in [5, 5.41) is 10.6. The molecule has 0 aliphatic heterocycles. The van der Waals surface area contributed by atoms with Crippen molar-refractivity contribution >= 4 is 11.9 Å². The van der Waals surface area contributed by atoms with Crippen molar-refractivity contribution in [2.75, 3.05) is 13.2 Å². The highest BCUT2D eigenvalue weighted by Gasteiger charge is 2.50. The first kappa shape index (κ1) is 18.4. The average Bonchev–Trinajstić information content (AvgIpc) is 3.12. The fourth-order valence-corrected chi connectivity index (χ4v) is 2.56. The zero-order chi connectivity index (χ0) is 16.9. The van der Waals surface area contributed by atoms with Crippen LogP contribution < -0.4 is 0 Å². The number of hydrogen-bond acceptors (Lipinski definition) is 6. The third kappa shape index (κ3) is 6.41. The molecular weight excluding hydrogens is 290 g/mol. The summed E-state index contributed by atoms with van der Waals surface area (Å²) >= 11 is 0. The normalized spacial score (nSPS) is 21.8. The molecule has 1 fully saturated rings. The van der Waals surface area contributed by atoms with Gasteiger partial charge in [0.1, 0.15) is 5.60 Å². The second-order valence-corrected chi connectivity index (χ2v) is 6.65. The first-order valence-electron chi connectivity index (χ1n) is 7.64. The Kier molecular flexibility index (Phi) is 6.32. The summed E-state index contributed by atoms with van der Waals surface area (Å²) in [7, 11) is 0.